The summed E-state index contributed by atoms with van der Waals surface area (Å²) in [5, 5.41) is 0. The lowest BCUT2D eigenvalue weighted by Crippen LogP contribution is -2.35. The van der Waals surface area contributed by atoms with E-state index < -0.39 is 0 Å². The van der Waals surface area contributed by atoms with E-state index >= 15 is 0 Å². The number of fused-ring (bicyclic) bond motifs is 3. The quantitative estimate of drug-likeness (QED) is 0.718. The van der Waals surface area contributed by atoms with Crippen molar-refractivity contribution < 1.29 is 0 Å². The van der Waals surface area contributed by atoms with E-state index in [4.69, 9.17) is 0 Å². The normalized spacial score (nSPS) is 24.1. The molecule has 2 aromatic carbocycles. The molecule has 22 heavy (non-hydrogen) atoms. The van der Waals surface area contributed by atoms with Gasteiger partial charge in [-0.15, -0.1) is 11.8 Å². The van der Waals surface area contributed by atoms with Crippen molar-refractivity contribution in [2.24, 2.45) is 0 Å². The SMILES string of the molecule is CSc1ccc([C@@H]2CN3CCC[C@@H]3c3c(C)cccc32)cc1. The first-order valence-corrected chi connectivity index (χ1v) is 9.48. The van der Waals surface area contributed by atoms with Crippen molar-refractivity contribution in [3.05, 3.63) is 64.7 Å². The molecule has 4 rings (SSSR count). The highest BCUT2D eigenvalue weighted by atomic mass is 32.2. The summed E-state index contributed by atoms with van der Waals surface area (Å²) in [5.41, 5.74) is 6.13. The molecule has 114 valence electrons. The Balaban J connectivity index is 1.80. The zero-order chi connectivity index (χ0) is 15.1. The third kappa shape index (κ3) is 2.29. The van der Waals surface area contributed by atoms with Crippen LogP contribution < -0.4 is 0 Å². The molecule has 2 aliphatic heterocycles. The summed E-state index contributed by atoms with van der Waals surface area (Å²) in [4.78, 5) is 4.06. The molecular weight excluding hydrogens is 286 g/mol. The van der Waals surface area contributed by atoms with E-state index in [0.29, 0.717) is 12.0 Å². The third-order valence-corrected chi connectivity index (χ3v) is 6.11. The van der Waals surface area contributed by atoms with Crippen LogP contribution in [0.15, 0.2) is 47.4 Å². The van der Waals surface area contributed by atoms with E-state index in [2.05, 4.69) is 60.5 Å². The average molecular weight is 309 g/mol. The van der Waals surface area contributed by atoms with Gasteiger partial charge in [0.2, 0.25) is 0 Å². The smallest absolute Gasteiger partial charge is 0.0354 e. The predicted octanol–water partition coefficient (Wildman–Crippen LogP) is 5.00. The first-order valence-electron chi connectivity index (χ1n) is 8.25. The zero-order valence-corrected chi connectivity index (χ0v) is 14.2. The third-order valence-electron chi connectivity index (χ3n) is 5.37. The lowest BCUT2D eigenvalue weighted by molar-refractivity contribution is 0.229. The summed E-state index contributed by atoms with van der Waals surface area (Å²) in [6, 6.07) is 16.8. The van der Waals surface area contributed by atoms with Gasteiger partial charge in [0.15, 0.2) is 0 Å². The summed E-state index contributed by atoms with van der Waals surface area (Å²) in [7, 11) is 0. The molecule has 2 heteroatoms. The standard InChI is InChI=1S/C20H23NS/c1-14-5-3-6-17-18(15-8-10-16(22-2)11-9-15)13-21-12-4-7-19(21)20(14)17/h3,5-6,8-11,18-19H,4,7,12-13H2,1-2H3/t18-,19+/m0/s1. The Labute approximate surface area is 137 Å². The van der Waals surface area contributed by atoms with Crippen LogP contribution in [-0.2, 0) is 0 Å². The predicted molar refractivity (Wildman–Crippen MR) is 94.8 cm³/mol. The van der Waals surface area contributed by atoms with Gasteiger partial charge in [-0.2, -0.15) is 0 Å². The number of hydrogen-bond donors (Lipinski definition) is 0. The molecule has 0 aliphatic carbocycles. The topological polar surface area (TPSA) is 3.24 Å². The van der Waals surface area contributed by atoms with E-state index in [1.54, 1.807) is 11.1 Å². The molecule has 0 saturated carbocycles. The Morgan fingerprint density at radius 1 is 1.09 bits per heavy atom. The molecule has 0 spiro atoms. The maximum Gasteiger partial charge on any atom is 0.0354 e. The molecule has 0 N–H and O–H groups in total. The second-order valence-corrected chi connectivity index (χ2v) is 7.44. The summed E-state index contributed by atoms with van der Waals surface area (Å²) >= 11 is 1.82. The number of thioether (sulfide) groups is 1. The number of hydrogen-bond acceptors (Lipinski definition) is 2. The van der Waals surface area contributed by atoms with E-state index in [-0.39, 0.29) is 0 Å². The Hall–Kier alpha value is -1.25. The first-order chi connectivity index (χ1) is 10.8. The van der Waals surface area contributed by atoms with Crippen LogP contribution in [0.2, 0.25) is 0 Å². The van der Waals surface area contributed by atoms with Gasteiger partial charge in [-0.05, 0) is 67.0 Å². The van der Waals surface area contributed by atoms with Gasteiger partial charge < -0.3 is 0 Å². The minimum Gasteiger partial charge on any atom is -0.295 e. The molecule has 1 fully saturated rings. The second-order valence-electron chi connectivity index (χ2n) is 6.56. The molecule has 2 heterocycles. The lowest BCUT2D eigenvalue weighted by atomic mass is 9.80. The Morgan fingerprint density at radius 3 is 2.68 bits per heavy atom. The minimum absolute atomic E-state index is 0.528. The van der Waals surface area contributed by atoms with Gasteiger partial charge in [0, 0.05) is 23.4 Å². The molecule has 0 unspecified atom stereocenters. The van der Waals surface area contributed by atoms with Crippen LogP contribution in [0.1, 0.15) is 47.1 Å². The van der Waals surface area contributed by atoms with Gasteiger partial charge >= 0.3 is 0 Å². The monoisotopic (exact) mass is 309 g/mol. The van der Waals surface area contributed by atoms with Crippen molar-refractivity contribution in [3.8, 4) is 0 Å². The van der Waals surface area contributed by atoms with Crippen LogP contribution in [-0.4, -0.2) is 24.2 Å². The van der Waals surface area contributed by atoms with Crippen LogP contribution in [0.3, 0.4) is 0 Å². The maximum atomic E-state index is 2.71. The molecule has 2 atom stereocenters. The van der Waals surface area contributed by atoms with E-state index in [9.17, 15) is 0 Å². The summed E-state index contributed by atoms with van der Waals surface area (Å²) in [5.74, 6) is 0.528. The van der Waals surface area contributed by atoms with Gasteiger partial charge in [-0.3, -0.25) is 4.90 Å². The number of benzene rings is 2. The Morgan fingerprint density at radius 2 is 1.91 bits per heavy atom. The zero-order valence-electron chi connectivity index (χ0n) is 13.4. The number of rotatable bonds is 2. The summed E-state index contributed by atoms with van der Waals surface area (Å²) in [6.45, 7) is 4.73. The highest BCUT2D eigenvalue weighted by Gasteiger charge is 2.37. The van der Waals surface area contributed by atoms with Gasteiger partial charge in [0.25, 0.3) is 0 Å². The average Bonchev–Trinajstić information content (AvgIpc) is 3.02. The number of nitrogens with zero attached hydrogens (tertiary/aromatic N) is 1. The van der Waals surface area contributed by atoms with Crippen molar-refractivity contribution in [2.75, 3.05) is 19.3 Å². The lowest BCUT2D eigenvalue weighted by Gasteiger charge is -2.38. The Kier molecular flexibility index (Phi) is 3.75. The number of aryl methyl sites for hydroxylation is 1. The van der Waals surface area contributed by atoms with Gasteiger partial charge in [-0.1, -0.05) is 30.3 Å². The molecule has 0 radical (unpaired) electrons. The fourth-order valence-electron chi connectivity index (χ4n) is 4.29. The minimum atomic E-state index is 0.528. The molecule has 1 saturated heterocycles. The Bertz CT molecular complexity index is 677. The van der Waals surface area contributed by atoms with Crippen LogP contribution in [0.4, 0.5) is 0 Å². The second kappa shape index (κ2) is 5.75. The molecule has 2 aliphatic rings. The van der Waals surface area contributed by atoms with Crippen molar-refractivity contribution in [3.63, 3.8) is 0 Å². The highest BCUT2D eigenvalue weighted by molar-refractivity contribution is 7.98. The summed E-state index contributed by atoms with van der Waals surface area (Å²) in [6.07, 6.45) is 4.82. The first kappa shape index (κ1) is 14.3. The van der Waals surface area contributed by atoms with Crippen LogP contribution in [0.5, 0.6) is 0 Å². The fraction of sp³-hybridized carbons (Fsp3) is 0.400. The molecule has 2 aromatic rings. The summed E-state index contributed by atoms with van der Waals surface area (Å²) < 4.78 is 0. The van der Waals surface area contributed by atoms with E-state index in [0.717, 1.165) is 0 Å². The van der Waals surface area contributed by atoms with Crippen molar-refractivity contribution >= 4 is 11.8 Å². The van der Waals surface area contributed by atoms with E-state index in [1.165, 1.54) is 42.0 Å². The van der Waals surface area contributed by atoms with Crippen LogP contribution in [0.25, 0.3) is 0 Å². The highest BCUT2D eigenvalue weighted by Crippen LogP contribution is 2.45. The van der Waals surface area contributed by atoms with Crippen molar-refractivity contribution in [2.45, 2.75) is 36.6 Å². The van der Waals surface area contributed by atoms with E-state index in [1.807, 2.05) is 11.8 Å². The van der Waals surface area contributed by atoms with Crippen molar-refractivity contribution in [1.29, 1.82) is 0 Å². The fourth-order valence-corrected chi connectivity index (χ4v) is 4.70. The maximum absolute atomic E-state index is 2.71. The molecule has 0 aromatic heterocycles. The van der Waals surface area contributed by atoms with Crippen LogP contribution in [0, 0.1) is 6.92 Å². The molecule has 1 nitrogen and oxygen atoms in total. The van der Waals surface area contributed by atoms with Gasteiger partial charge in [0.05, 0.1) is 0 Å². The van der Waals surface area contributed by atoms with Crippen LogP contribution >= 0.6 is 11.8 Å². The van der Waals surface area contributed by atoms with Crippen molar-refractivity contribution in [1.82, 2.24) is 4.90 Å². The molecular formula is C20H23NS. The van der Waals surface area contributed by atoms with Gasteiger partial charge in [0.1, 0.15) is 0 Å². The molecule has 0 bridgehead atoms. The van der Waals surface area contributed by atoms with Gasteiger partial charge in [-0.25, -0.2) is 0 Å². The largest absolute Gasteiger partial charge is 0.295 e. The molecule has 0 amide bonds.